The summed E-state index contributed by atoms with van der Waals surface area (Å²) in [6, 6.07) is 25.0. The first-order chi connectivity index (χ1) is 21.5. The third-order valence-corrected chi connectivity index (χ3v) is 8.89. The molecule has 0 saturated heterocycles. The van der Waals surface area contributed by atoms with Gasteiger partial charge in [0.25, 0.3) is 11.8 Å². The van der Waals surface area contributed by atoms with Crippen LogP contribution in [0.2, 0.25) is 10.0 Å². The lowest BCUT2D eigenvalue weighted by Crippen LogP contribution is -2.44. The zero-order valence-corrected chi connectivity index (χ0v) is 26.9. The van der Waals surface area contributed by atoms with E-state index in [0.29, 0.717) is 44.3 Å². The maximum atomic E-state index is 13.8. The van der Waals surface area contributed by atoms with E-state index < -0.39 is 29.7 Å². The topological polar surface area (TPSA) is 121 Å². The van der Waals surface area contributed by atoms with E-state index in [9.17, 15) is 24.3 Å². The second-order valence-corrected chi connectivity index (χ2v) is 12.5. The SMILES string of the molecule is NC(=O)CN(CCc1ccc(Cl)cc1Cl)C(=O)c1ccc(CN2C(=O)c3ccccc3C(C(=O)O)C2c2ccc(Br)cc2)cc1. The summed E-state index contributed by atoms with van der Waals surface area (Å²) >= 11 is 15.7. The lowest BCUT2D eigenvalue weighted by atomic mass is 9.79. The number of carbonyl (C=O) groups excluding carboxylic acids is 3. The van der Waals surface area contributed by atoms with E-state index in [1.807, 2.05) is 24.3 Å². The quantitative estimate of drug-likeness (QED) is 0.195. The van der Waals surface area contributed by atoms with Crippen LogP contribution in [0.25, 0.3) is 0 Å². The van der Waals surface area contributed by atoms with Crippen molar-refractivity contribution in [3.8, 4) is 0 Å². The molecule has 2 atom stereocenters. The maximum absolute atomic E-state index is 13.8. The van der Waals surface area contributed by atoms with Crippen molar-refractivity contribution < 1.29 is 24.3 Å². The first-order valence-electron chi connectivity index (χ1n) is 14.0. The fraction of sp³-hybridized carbons (Fsp3) is 0.176. The smallest absolute Gasteiger partial charge is 0.313 e. The highest BCUT2D eigenvalue weighted by molar-refractivity contribution is 9.10. The van der Waals surface area contributed by atoms with Crippen molar-refractivity contribution >= 4 is 62.8 Å². The van der Waals surface area contributed by atoms with E-state index in [1.165, 1.54) is 4.90 Å². The van der Waals surface area contributed by atoms with Crippen molar-refractivity contribution in [2.75, 3.05) is 13.1 Å². The van der Waals surface area contributed by atoms with E-state index >= 15 is 0 Å². The Balaban J connectivity index is 1.41. The van der Waals surface area contributed by atoms with Crippen LogP contribution in [0.15, 0.2) is 95.5 Å². The van der Waals surface area contributed by atoms with Crippen molar-refractivity contribution in [3.05, 3.63) is 139 Å². The molecule has 1 heterocycles. The Morgan fingerprint density at radius 3 is 2.27 bits per heavy atom. The second kappa shape index (κ2) is 13.9. The summed E-state index contributed by atoms with van der Waals surface area (Å²) in [7, 11) is 0. The fourth-order valence-electron chi connectivity index (χ4n) is 5.62. The van der Waals surface area contributed by atoms with Crippen LogP contribution in [0.4, 0.5) is 0 Å². The van der Waals surface area contributed by atoms with Crippen molar-refractivity contribution in [2.45, 2.75) is 24.9 Å². The summed E-state index contributed by atoms with van der Waals surface area (Å²) in [6.45, 7) is 0.0170. The van der Waals surface area contributed by atoms with Gasteiger partial charge in [0, 0.05) is 38.7 Å². The highest BCUT2D eigenvalue weighted by Crippen LogP contribution is 2.43. The van der Waals surface area contributed by atoms with Crippen LogP contribution in [-0.2, 0) is 22.6 Å². The molecule has 4 aromatic carbocycles. The highest BCUT2D eigenvalue weighted by atomic mass is 79.9. The molecule has 8 nitrogen and oxygen atoms in total. The molecule has 3 N–H and O–H groups in total. The fourth-order valence-corrected chi connectivity index (χ4v) is 6.38. The predicted molar refractivity (Wildman–Crippen MR) is 175 cm³/mol. The van der Waals surface area contributed by atoms with Gasteiger partial charge in [0.1, 0.15) is 5.92 Å². The summed E-state index contributed by atoms with van der Waals surface area (Å²) in [5, 5.41) is 11.3. The molecule has 2 unspecified atom stereocenters. The Bertz CT molecular complexity index is 1760. The van der Waals surface area contributed by atoms with Crippen LogP contribution in [0, 0.1) is 0 Å². The molecule has 0 aromatic heterocycles. The Hall–Kier alpha value is -4.18. The summed E-state index contributed by atoms with van der Waals surface area (Å²) in [6.07, 6.45) is 0.383. The predicted octanol–water partition coefficient (Wildman–Crippen LogP) is 6.49. The van der Waals surface area contributed by atoms with Gasteiger partial charge in [-0.2, -0.15) is 0 Å². The average Bonchev–Trinajstić information content (AvgIpc) is 3.01. The van der Waals surface area contributed by atoms with E-state index in [1.54, 1.807) is 71.6 Å². The van der Waals surface area contributed by atoms with E-state index in [0.717, 1.165) is 10.0 Å². The standard InChI is InChI=1S/C34H28BrCl2N3O5/c35-24-12-9-22(10-13-24)31-30(34(44)45)26-3-1-2-4-27(26)33(43)40(31)18-20-5-7-23(8-6-20)32(42)39(19-29(38)41)16-15-21-11-14-25(36)17-28(21)37/h1-14,17,30-31H,15-16,18-19H2,(H2,38,41)(H,44,45). The number of carboxylic acids is 1. The van der Waals surface area contributed by atoms with Crippen molar-refractivity contribution in [3.63, 3.8) is 0 Å². The van der Waals surface area contributed by atoms with Crippen molar-refractivity contribution in [1.82, 2.24) is 9.80 Å². The van der Waals surface area contributed by atoms with Gasteiger partial charge in [0.15, 0.2) is 0 Å². The minimum Gasteiger partial charge on any atom is -0.481 e. The Morgan fingerprint density at radius 1 is 0.933 bits per heavy atom. The first-order valence-corrected chi connectivity index (χ1v) is 15.6. The van der Waals surface area contributed by atoms with Crippen LogP contribution in [0.1, 0.15) is 54.9 Å². The van der Waals surface area contributed by atoms with Crippen LogP contribution < -0.4 is 5.73 Å². The van der Waals surface area contributed by atoms with Crippen LogP contribution in [0.5, 0.6) is 0 Å². The monoisotopic (exact) mass is 707 g/mol. The number of hydrogen-bond acceptors (Lipinski definition) is 4. The molecule has 5 rings (SSSR count). The molecule has 1 aliphatic rings. The Kier molecular flexibility index (Phi) is 9.92. The van der Waals surface area contributed by atoms with Gasteiger partial charge in [-0.25, -0.2) is 0 Å². The van der Waals surface area contributed by atoms with Crippen molar-refractivity contribution in [2.24, 2.45) is 5.73 Å². The van der Waals surface area contributed by atoms with E-state index in [-0.39, 0.29) is 25.5 Å². The third kappa shape index (κ3) is 7.22. The normalized spacial score (nSPS) is 15.8. The van der Waals surface area contributed by atoms with Gasteiger partial charge in [-0.3, -0.25) is 19.2 Å². The molecule has 3 amide bonds. The second-order valence-electron chi connectivity index (χ2n) is 10.7. The Morgan fingerprint density at radius 2 is 1.62 bits per heavy atom. The zero-order valence-electron chi connectivity index (χ0n) is 23.8. The van der Waals surface area contributed by atoms with Crippen molar-refractivity contribution in [1.29, 1.82) is 0 Å². The van der Waals surface area contributed by atoms with Gasteiger partial charge >= 0.3 is 5.97 Å². The maximum Gasteiger partial charge on any atom is 0.313 e. The molecule has 0 saturated carbocycles. The number of fused-ring (bicyclic) bond motifs is 1. The van der Waals surface area contributed by atoms with Gasteiger partial charge in [-0.05, 0) is 71.1 Å². The molecular formula is C34H28BrCl2N3O5. The summed E-state index contributed by atoms with van der Waals surface area (Å²) in [4.78, 5) is 54.7. The van der Waals surface area contributed by atoms with Gasteiger partial charge in [0.2, 0.25) is 5.91 Å². The van der Waals surface area contributed by atoms with Gasteiger partial charge < -0.3 is 20.6 Å². The molecule has 4 aromatic rings. The molecule has 45 heavy (non-hydrogen) atoms. The molecule has 230 valence electrons. The number of benzene rings is 4. The Labute approximate surface area is 278 Å². The lowest BCUT2D eigenvalue weighted by Gasteiger charge is -2.41. The number of nitrogens with two attached hydrogens (primary N) is 1. The number of carboxylic acid groups (broad SMARTS) is 1. The zero-order chi connectivity index (χ0) is 32.2. The molecule has 0 bridgehead atoms. The molecule has 0 radical (unpaired) electrons. The number of rotatable bonds is 10. The van der Waals surface area contributed by atoms with Gasteiger partial charge in [0.05, 0.1) is 12.6 Å². The molecule has 0 aliphatic carbocycles. The number of amides is 3. The van der Waals surface area contributed by atoms with Crippen LogP contribution in [0.3, 0.4) is 0 Å². The molecule has 0 spiro atoms. The molecule has 1 aliphatic heterocycles. The summed E-state index contributed by atoms with van der Waals surface area (Å²) < 4.78 is 0.828. The van der Waals surface area contributed by atoms with Gasteiger partial charge in [-0.15, -0.1) is 0 Å². The number of hydrogen-bond donors (Lipinski definition) is 2. The lowest BCUT2D eigenvalue weighted by molar-refractivity contribution is -0.140. The first kappa shape index (κ1) is 32.2. The molecular weight excluding hydrogens is 681 g/mol. The number of aliphatic carboxylic acids is 1. The number of halogens is 3. The van der Waals surface area contributed by atoms with Gasteiger partial charge in [-0.1, -0.05) is 87.7 Å². The number of nitrogens with zero attached hydrogens (tertiary/aromatic N) is 2. The number of carbonyl (C=O) groups is 4. The van der Waals surface area contributed by atoms with Crippen LogP contribution in [-0.4, -0.2) is 51.7 Å². The van der Waals surface area contributed by atoms with Crippen LogP contribution >= 0.6 is 39.1 Å². The molecule has 0 fully saturated rings. The largest absolute Gasteiger partial charge is 0.481 e. The third-order valence-electron chi connectivity index (χ3n) is 7.77. The van der Waals surface area contributed by atoms with E-state index in [2.05, 4.69) is 15.9 Å². The molecule has 11 heteroatoms. The summed E-state index contributed by atoms with van der Waals surface area (Å²) in [5.74, 6) is -3.37. The van der Waals surface area contributed by atoms with E-state index in [4.69, 9.17) is 28.9 Å². The average molecular weight is 709 g/mol. The minimum absolute atomic E-state index is 0.103. The minimum atomic E-state index is -1.04. The number of primary amides is 1. The summed E-state index contributed by atoms with van der Waals surface area (Å²) in [5.41, 5.74) is 8.73. The highest BCUT2D eigenvalue weighted by Gasteiger charge is 2.44.